The highest BCUT2D eigenvalue weighted by Gasteiger charge is 2.20. The van der Waals surface area contributed by atoms with Crippen molar-refractivity contribution < 1.29 is 18.3 Å². The largest absolute Gasteiger partial charge is 0.461 e. The molecule has 0 unspecified atom stereocenters. The van der Waals surface area contributed by atoms with E-state index in [-0.39, 0.29) is 30.3 Å². The maximum atomic E-state index is 13.6. The summed E-state index contributed by atoms with van der Waals surface area (Å²) in [5, 5.41) is 7.44. The summed E-state index contributed by atoms with van der Waals surface area (Å²) in [7, 11) is 0. The van der Waals surface area contributed by atoms with Gasteiger partial charge in [-0.2, -0.15) is 0 Å². The fourth-order valence-electron chi connectivity index (χ4n) is 1.78. The molecular formula is C13H12ClF2N3O2. The molecule has 0 saturated heterocycles. The van der Waals surface area contributed by atoms with Gasteiger partial charge in [0.2, 0.25) is 0 Å². The van der Waals surface area contributed by atoms with Gasteiger partial charge in [0.15, 0.2) is 5.69 Å². The van der Waals surface area contributed by atoms with Crippen molar-refractivity contribution in [3.8, 4) is 0 Å². The number of esters is 1. The summed E-state index contributed by atoms with van der Waals surface area (Å²) in [6.45, 7) is 1.76. The van der Waals surface area contributed by atoms with Gasteiger partial charge < -0.3 is 4.74 Å². The fourth-order valence-corrected chi connectivity index (χ4v) is 2.04. The third kappa shape index (κ3) is 3.36. The Morgan fingerprint density at radius 2 is 2.19 bits per heavy atom. The van der Waals surface area contributed by atoms with Gasteiger partial charge in [-0.05, 0) is 25.1 Å². The van der Waals surface area contributed by atoms with Crippen LogP contribution in [0.15, 0.2) is 18.2 Å². The molecule has 0 radical (unpaired) electrons. The number of benzene rings is 1. The molecule has 8 heteroatoms. The van der Waals surface area contributed by atoms with Crippen LogP contribution in [0.1, 0.15) is 28.7 Å². The van der Waals surface area contributed by atoms with Crippen molar-refractivity contribution in [1.29, 1.82) is 0 Å². The molecule has 21 heavy (non-hydrogen) atoms. The number of hydrogen-bond acceptors (Lipinski definition) is 4. The molecular weight excluding hydrogens is 304 g/mol. The second kappa shape index (κ2) is 6.62. The van der Waals surface area contributed by atoms with Crippen LogP contribution in [0.25, 0.3) is 0 Å². The smallest absolute Gasteiger partial charge is 0.360 e. The lowest BCUT2D eigenvalue weighted by Crippen LogP contribution is -2.11. The summed E-state index contributed by atoms with van der Waals surface area (Å²) in [6, 6.07) is 3.10. The van der Waals surface area contributed by atoms with Crippen molar-refractivity contribution in [2.24, 2.45) is 0 Å². The monoisotopic (exact) mass is 315 g/mol. The third-order valence-corrected chi connectivity index (χ3v) is 3.01. The summed E-state index contributed by atoms with van der Waals surface area (Å²) in [5.41, 5.74) is 0.351. The molecule has 5 nitrogen and oxygen atoms in total. The zero-order valence-electron chi connectivity index (χ0n) is 11.1. The second-order valence-electron chi connectivity index (χ2n) is 4.13. The standard InChI is InChI=1S/C13H12ClF2N3O2/c1-2-21-13(20)12-11(6-14)19(18-17-12)7-8-5-9(15)3-4-10(8)16/h3-5H,2,6-7H2,1H3. The predicted octanol–water partition coefficient (Wildman–Crippen LogP) is 2.52. The van der Waals surface area contributed by atoms with Gasteiger partial charge in [-0.25, -0.2) is 18.3 Å². The Morgan fingerprint density at radius 1 is 1.43 bits per heavy atom. The first-order valence-electron chi connectivity index (χ1n) is 6.16. The number of ether oxygens (including phenoxy) is 1. The lowest BCUT2D eigenvalue weighted by molar-refractivity contribution is 0.0518. The van der Waals surface area contributed by atoms with Gasteiger partial charge in [0.1, 0.15) is 11.6 Å². The molecule has 0 N–H and O–H groups in total. The first-order valence-corrected chi connectivity index (χ1v) is 6.69. The van der Waals surface area contributed by atoms with Crippen molar-refractivity contribution in [2.75, 3.05) is 6.61 Å². The maximum Gasteiger partial charge on any atom is 0.360 e. The van der Waals surface area contributed by atoms with Crippen molar-refractivity contribution in [3.63, 3.8) is 0 Å². The average molecular weight is 316 g/mol. The zero-order chi connectivity index (χ0) is 15.4. The van der Waals surface area contributed by atoms with Gasteiger partial charge in [-0.3, -0.25) is 0 Å². The van der Waals surface area contributed by atoms with E-state index in [4.69, 9.17) is 16.3 Å². The van der Waals surface area contributed by atoms with E-state index < -0.39 is 17.6 Å². The lowest BCUT2D eigenvalue weighted by Gasteiger charge is -2.06. The Balaban J connectivity index is 2.32. The van der Waals surface area contributed by atoms with Crippen LogP contribution < -0.4 is 0 Å². The first-order chi connectivity index (χ1) is 10.1. The first kappa shape index (κ1) is 15.4. The van der Waals surface area contributed by atoms with Crippen molar-refractivity contribution in [2.45, 2.75) is 19.3 Å². The minimum absolute atomic E-state index is 0.0244. The topological polar surface area (TPSA) is 57.0 Å². The normalized spacial score (nSPS) is 10.7. The van der Waals surface area contributed by atoms with Crippen molar-refractivity contribution >= 4 is 17.6 Å². The van der Waals surface area contributed by atoms with Crippen LogP contribution in [0.4, 0.5) is 8.78 Å². The molecule has 0 aliphatic rings. The van der Waals surface area contributed by atoms with E-state index in [0.29, 0.717) is 5.69 Å². The van der Waals surface area contributed by atoms with E-state index >= 15 is 0 Å². The van der Waals surface area contributed by atoms with Gasteiger partial charge in [-0.15, -0.1) is 16.7 Å². The number of nitrogens with zero attached hydrogens (tertiary/aromatic N) is 3. The van der Waals surface area contributed by atoms with Gasteiger partial charge in [0, 0.05) is 5.56 Å². The zero-order valence-corrected chi connectivity index (χ0v) is 11.9. The van der Waals surface area contributed by atoms with E-state index in [9.17, 15) is 13.6 Å². The number of aromatic nitrogens is 3. The second-order valence-corrected chi connectivity index (χ2v) is 4.40. The highest BCUT2D eigenvalue weighted by Crippen LogP contribution is 2.15. The number of carbonyl (C=O) groups is 1. The van der Waals surface area contributed by atoms with Crippen molar-refractivity contribution in [1.82, 2.24) is 15.0 Å². The Hall–Kier alpha value is -2.02. The lowest BCUT2D eigenvalue weighted by atomic mass is 10.2. The molecule has 0 aliphatic heterocycles. The van der Waals surface area contributed by atoms with Crippen LogP contribution in [0, 0.1) is 11.6 Å². The summed E-state index contributed by atoms with van der Waals surface area (Å²) in [6.07, 6.45) is 0. The fraction of sp³-hybridized carbons (Fsp3) is 0.308. The van der Waals surface area contributed by atoms with E-state index in [0.717, 1.165) is 18.2 Å². The van der Waals surface area contributed by atoms with Gasteiger partial charge in [0.05, 0.1) is 24.7 Å². The highest BCUT2D eigenvalue weighted by molar-refractivity contribution is 6.17. The van der Waals surface area contributed by atoms with Crippen molar-refractivity contribution in [3.05, 3.63) is 46.8 Å². The molecule has 0 atom stereocenters. The molecule has 1 aromatic heterocycles. The molecule has 112 valence electrons. The Morgan fingerprint density at radius 3 is 2.86 bits per heavy atom. The third-order valence-electron chi connectivity index (χ3n) is 2.76. The SMILES string of the molecule is CCOC(=O)c1nnn(Cc2cc(F)ccc2F)c1CCl. The summed E-state index contributed by atoms with van der Waals surface area (Å²) in [5.74, 6) is -1.85. The molecule has 0 spiro atoms. The summed E-state index contributed by atoms with van der Waals surface area (Å²) in [4.78, 5) is 11.7. The van der Waals surface area contributed by atoms with Gasteiger partial charge in [-0.1, -0.05) is 5.21 Å². The number of hydrogen-bond donors (Lipinski definition) is 0. The van der Waals surface area contributed by atoms with E-state index in [1.807, 2.05) is 0 Å². The Kier molecular flexibility index (Phi) is 4.85. The Bertz CT molecular complexity index is 661. The highest BCUT2D eigenvalue weighted by atomic mass is 35.5. The van der Waals surface area contributed by atoms with E-state index in [1.54, 1.807) is 6.92 Å². The average Bonchev–Trinajstić information content (AvgIpc) is 2.86. The van der Waals surface area contributed by atoms with E-state index in [1.165, 1.54) is 4.68 Å². The summed E-state index contributed by atoms with van der Waals surface area (Å²) >= 11 is 5.78. The van der Waals surface area contributed by atoms with Crippen LogP contribution in [0.2, 0.25) is 0 Å². The van der Waals surface area contributed by atoms with Crippen LogP contribution in [0.3, 0.4) is 0 Å². The molecule has 1 aromatic carbocycles. The number of halogens is 3. The molecule has 2 aromatic rings. The minimum Gasteiger partial charge on any atom is -0.461 e. The molecule has 0 aliphatic carbocycles. The number of alkyl halides is 1. The van der Waals surface area contributed by atoms with Gasteiger partial charge in [0.25, 0.3) is 0 Å². The molecule has 0 bridgehead atoms. The Labute approximate surface area is 124 Å². The molecule has 2 rings (SSSR count). The minimum atomic E-state index is -0.654. The van der Waals surface area contributed by atoms with Crippen LogP contribution in [0.5, 0.6) is 0 Å². The molecule has 0 fully saturated rings. The van der Waals surface area contributed by atoms with Gasteiger partial charge >= 0.3 is 5.97 Å². The predicted molar refractivity (Wildman–Crippen MR) is 71.0 cm³/mol. The number of rotatable bonds is 5. The van der Waals surface area contributed by atoms with Crippen LogP contribution in [-0.2, 0) is 17.2 Å². The van der Waals surface area contributed by atoms with Crippen LogP contribution in [-0.4, -0.2) is 27.6 Å². The van der Waals surface area contributed by atoms with Crippen LogP contribution >= 0.6 is 11.6 Å². The summed E-state index contributed by atoms with van der Waals surface area (Å²) < 4.78 is 32.9. The quantitative estimate of drug-likeness (QED) is 0.628. The number of carbonyl (C=O) groups excluding carboxylic acids is 1. The maximum absolute atomic E-state index is 13.6. The molecule has 0 saturated carbocycles. The molecule has 1 heterocycles. The molecule has 0 amide bonds. The van der Waals surface area contributed by atoms with E-state index in [2.05, 4.69) is 10.3 Å².